The third kappa shape index (κ3) is 3.43. The average Bonchev–Trinajstić information content (AvgIpc) is 2.52. The van der Waals surface area contributed by atoms with Crippen molar-refractivity contribution in [1.29, 1.82) is 0 Å². The minimum Gasteiger partial charge on any atom is -0.373 e. The van der Waals surface area contributed by atoms with Crippen LogP contribution in [0.4, 0.5) is 5.82 Å². The molecule has 5 nitrogen and oxygen atoms in total. The molecule has 1 saturated heterocycles. The van der Waals surface area contributed by atoms with Gasteiger partial charge in [-0.05, 0) is 19.0 Å². The molecule has 0 radical (unpaired) electrons. The molecule has 0 unspecified atom stereocenters. The minimum atomic E-state index is -2.83. The second-order valence-electron chi connectivity index (χ2n) is 4.54. The number of pyridine rings is 1. The van der Waals surface area contributed by atoms with E-state index in [2.05, 4.69) is 15.2 Å². The summed E-state index contributed by atoms with van der Waals surface area (Å²) in [6.45, 7) is 2.19. The second kappa shape index (κ2) is 5.67. The van der Waals surface area contributed by atoms with Crippen molar-refractivity contribution in [2.45, 2.75) is 13.0 Å². The van der Waals surface area contributed by atoms with Crippen LogP contribution in [-0.2, 0) is 16.4 Å². The summed E-state index contributed by atoms with van der Waals surface area (Å²) in [6, 6.07) is 3.93. The van der Waals surface area contributed by atoms with Gasteiger partial charge in [0.2, 0.25) is 0 Å². The van der Waals surface area contributed by atoms with Gasteiger partial charge in [-0.25, -0.2) is 13.4 Å². The average molecular weight is 269 g/mol. The van der Waals surface area contributed by atoms with E-state index < -0.39 is 9.84 Å². The normalized spacial score (nSPS) is 20.3. The molecule has 0 bridgehead atoms. The molecule has 1 aromatic heterocycles. The fourth-order valence-electron chi connectivity index (χ4n) is 2.18. The van der Waals surface area contributed by atoms with Gasteiger partial charge in [0.1, 0.15) is 5.82 Å². The van der Waals surface area contributed by atoms with E-state index in [1.807, 2.05) is 19.2 Å². The lowest BCUT2D eigenvalue weighted by atomic mass is 10.2. The number of rotatable bonds is 3. The highest BCUT2D eigenvalue weighted by molar-refractivity contribution is 7.91. The molecule has 0 aromatic carbocycles. The molecule has 2 heterocycles. The van der Waals surface area contributed by atoms with Gasteiger partial charge in [-0.15, -0.1) is 0 Å². The van der Waals surface area contributed by atoms with E-state index in [0.29, 0.717) is 12.3 Å². The summed E-state index contributed by atoms with van der Waals surface area (Å²) in [6.07, 6.45) is 2.47. The van der Waals surface area contributed by atoms with Gasteiger partial charge in [0.15, 0.2) is 9.84 Å². The van der Waals surface area contributed by atoms with Crippen LogP contribution in [0.5, 0.6) is 0 Å². The van der Waals surface area contributed by atoms with E-state index in [0.717, 1.165) is 30.9 Å². The Morgan fingerprint density at radius 3 is 3.00 bits per heavy atom. The molecule has 1 N–H and O–H groups in total. The molecule has 18 heavy (non-hydrogen) atoms. The quantitative estimate of drug-likeness (QED) is 0.877. The Morgan fingerprint density at radius 2 is 2.22 bits per heavy atom. The van der Waals surface area contributed by atoms with Gasteiger partial charge in [-0.3, -0.25) is 4.90 Å². The summed E-state index contributed by atoms with van der Waals surface area (Å²) < 4.78 is 23.1. The van der Waals surface area contributed by atoms with Crippen LogP contribution in [0, 0.1) is 0 Å². The molecule has 1 aliphatic rings. The molecular weight excluding hydrogens is 250 g/mol. The highest BCUT2D eigenvalue weighted by Gasteiger charge is 2.19. The van der Waals surface area contributed by atoms with Crippen LogP contribution in [0.15, 0.2) is 18.3 Å². The van der Waals surface area contributed by atoms with Gasteiger partial charge in [0, 0.05) is 31.9 Å². The topological polar surface area (TPSA) is 62.3 Å². The monoisotopic (exact) mass is 269 g/mol. The molecule has 1 aliphatic heterocycles. The highest BCUT2D eigenvalue weighted by Crippen LogP contribution is 2.15. The standard InChI is InChI=1S/C12H19N3O2S/c1-13-12-11(4-2-5-14-12)10-15-6-3-8-18(16,17)9-7-15/h2,4-5H,3,6-10H2,1H3,(H,13,14). The lowest BCUT2D eigenvalue weighted by molar-refractivity contribution is 0.287. The molecular formula is C12H19N3O2S. The maximum atomic E-state index is 11.5. The smallest absolute Gasteiger partial charge is 0.151 e. The zero-order valence-electron chi connectivity index (χ0n) is 10.6. The summed E-state index contributed by atoms with van der Waals surface area (Å²) in [4.78, 5) is 6.44. The van der Waals surface area contributed by atoms with Crippen molar-refractivity contribution >= 4 is 15.7 Å². The number of nitrogens with one attached hydrogen (secondary N) is 1. The van der Waals surface area contributed by atoms with E-state index >= 15 is 0 Å². The van der Waals surface area contributed by atoms with Crippen molar-refractivity contribution < 1.29 is 8.42 Å². The van der Waals surface area contributed by atoms with Crippen LogP contribution in [-0.4, -0.2) is 49.9 Å². The number of hydrogen-bond acceptors (Lipinski definition) is 5. The van der Waals surface area contributed by atoms with Gasteiger partial charge in [0.05, 0.1) is 11.5 Å². The SMILES string of the molecule is CNc1ncccc1CN1CCCS(=O)(=O)CC1. The second-order valence-corrected chi connectivity index (χ2v) is 6.85. The molecule has 0 atom stereocenters. The molecule has 1 fully saturated rings. The van der Waals surface area contributed by atoms with Gasteiger partial charge < -0.3 is 5.32 Å². The largest absolute Gasteiger partial charge is 0.373 e. The molecule has 0 saturated carbocycles. The maximum Gasteiger partial charge on any atom is 0.151 e. The molecule has 0 spiro atoms. The Labute approximate surface area is 108 Å². The highest BCUT2D eigenvalue weighted by atomic mass is 32.2. The molecule has 6 heteroatoms. The van der Waals surface area contributed by atoms with Crippen LogP contribution in [0.2, 0.25) is 0 Å². The Hall–Kier alpha value is -1.14. The van der Waals surface area contributed by atoms with Crippen LogP contribution in [0.25, 0.3) is 0 Å². The van der Waals surface area contributed by atoms with Crippen molar-refractivity contribution in [3.05, 3.63) is 23.9 Å². The van der Waals surface area contributed by atoms with Crippen LogP contribution in [0.1, 0.15) is 12.0 Å². The van der Waals surface area contributed by atoms with Gasteiger partial charge in [0.25, 0.3) is 0 Å². The van der Waals surface area contributed by atoms with Crippen LogP contribution < -0.4 is 5.32 Å². The fourth-order valence-corrected chi connectivity index (χ4v) is 3.49. The molecule has 0 aliphatic carbocycles. The van der Waals surface area contributed by atoms with Gasteiger partial charge >= 0.3 is 0 Å². The molecule has 0 amide bonds. The van der Waals surface area contributed by atoms with Crippen molar-refractivity contribution in [2.75, 3.05) is 37.0 Å². The van der Waals surface area contributed by atoms with Crippen LogP contribution in [0.3, 0.4) is 0 Å². The first-order chi connectivity index (χ1) is 8.61. The predicted molar refractivity (Wildman–Crippen MR) is 72.3 cm³/mol. The summed E-state index contributed by atoms with van der Waals surface area (Å²) in [7, 11) is -0.987. The Balaban J connectivity index is 2.05. The number of aromatic nitrogens is 1. The first-order valence-electron chi connectivity index (χ1n) is 6.15. The Morgan fingerprint density at radius 1 is 1.39 bits per heavy atom. The van der Waals surface area contributed by atoms with Crippen molar-refractivity contribution in [3.63, 3.8) is 0 Å². The third-order valence-corrected chi connectivity index (χ3v) is 4.89. The van der Waals surface area contributed by atoms with E-state index in [9.17, 15) is 8.42 Å². The molecule has 2 rings (SSSR count). The summed E-state index contributed by atoms with van der Waals surface area (Å²) in [5, 5.41) is 3.06. The number of nitrogens with zero attached hydrogens (tertiary/aromatic N) is 2. The van der Waals surface area contributed by atoms with E-state index in [4.69, 9.17) is 0 Å². The lowest BCUT2D eigenvalue weighted by Gasteiger charge is -2.20. The van der Waals surface area contributed by atoms with Crippen molar-refractivity contribution in [1.82, 2.24) is 9.88 Å². The lowest BCUT2D eigenvalue weighted by Crippen LogP contribution is -2.27. The first kappa shape index (κ1) is 13.3. The molecule has 100 valence electrons. The third-order valence-electron chi connectivity index (χ3n) is 3.17. The molecule has 1 aromatic rings. The van der Waals surface area contributed by atoms with Crippen molar-refractivity contribution in [2.24, 2.45) is 0 Å². The summed E-state index contributed by atoms with van der Waals surface area (Å²) >= 11 is 0. The number of sulfone groups is 1. The van der Waals surface area contributed by atoms with E-state index in [-0.39, 0.29) is 5.75 Å². The fraction of sp³-hybridized carbons (Fsp3) is 0.583. The Kier molecular flexibility index (Phi) is 4.19. The number of anilines is 1. The first-order valence-corrected chi connectivity index (χ1v) is 7.97. The van der Waals surface area contributed by atoms with Gasteiger partial charge in [-0.2, -0.15) is 0 Å². The zero-order chi connectivity index (χ0) is 13.0. The zero-order valence-corrected chi connectivity index (χ0v) is 11.4. The van der Waals surface area contributed by atoms with Crippen LogP contribution >= 0.6 is 0 Å². The summed E-state index contributed by atoms with van der Waals surface area (Å²) in [5.74, 6) is 1.45. The maximum absolute atomic E-state index is 11.5. The minimum absolute atomic E-state index is 0.266. The van der Waals surface area contributed by atoms with Crippen molar-refractivity contribution in [3.8, 4) is 0 Å². The van der Waals surface area contributed by atoms with E-state index in [1.165, 1.54) is 0 Å². The van der Waals surface area contributed by atoms with Gasteiger partial charge in [-0.1, -0.05) is 6.07 Å². The summed E-state index contributed by atoms with van der Waals surface area (Å²) in [5.41, 5.74) is 1.11. The van der Waals surface area contributed by atoms with E-state index in [1.54, 1.807) is 6.20 Å². The Bertz CT molecular complexity index is 502. The predicted octanol–water partition coefficient (Wildman–Crippen LogP) is 0.744. The number of hydrogen-bond donors (Lipinski definition) is 1.